The minimum Gasteiger partial charge on any atom is -0.506 e. The Labute approximate surface area is 141 Å². The van der Waals surface area contributed by atoms with Crippen LogP contribution in [0.25, 0.3) is 16.6 Å². The first-order valence-electron chi connectivity index (χ1n) is 8.48. The Bertz CT molecular complexity index is 832. The van der Waals surface area contributed by atoms with Gasteiger partial charge in [-0.2, -0.15) is 5.10 Å². The first-order valence-corrected chi connectivity index (χ1v) is 8.48. The fourth-order valence-corrected chi connectivity index (χ4v) is 3.34. The minimum absolute atomic E-state index is 0.252. The van der Waals surface area contributed by atoms with E-state index < -0.39 is 0 Å². The van der Waals surface area contributed by atoms with E-state index in [2.05, 4.69) is 46.1 Å². The molecule has 124 valence electrons. The summed E-state index contributed by atoms with van der Waals surface area (Å²) in [7, 11) is 0. The van der Waals surface area contributed by atoms with Crippen molar-refractivity contribution in [2.24, 2.45) is 0 Å². The zero-order valence-corrected chi connectivity index (χ0v) is 13.9. The molecule has 5 heteroatoms. The van der Waals surface area contributed by atoms with E-state index in [4.69, 9.17) is 0 Å². The predicted octanol–water partition coefficient (Wildman–Crippen LogP) is 2.85. The quantitative estimate of drug-likeness (QED) is 0.805. The molecule has 0 aliphatic carbocycles. The fourth-order valence-electron chi connectivity index (χ4n) is 3.34. The monoisotopic (exact) mass is 322 g/mol. The van der Waals surface area contributed by atoms with Gasteiger partial charge in [0.2, 0.25) is 0 Å². The summed E-state index contributed by atoms with van der Waals surface area (Å²) in [5.41, 5.74) is 4.20. The maximum atomic E-state index is 9.92. The Hall–Kier alpha value is -2.53. The van der Waals surface area contributed by atoms with Crippen LogP contribution in [-0.2, 0) is 0 Å². The van der Waals surface area contributed by atoms with Crippen molar-refractivity contribution in [3.8, 4) is 16.9 Å². The highest BCUT2D eigenvalue weighted by Crippen LogP contribution is 2.28. The molecule has 0 saturated carbocycles. The molecule has 0 atom stereocenters. The molecule has 0 amide bonds. The summed E-state index contributed by atoms with van der Waals surface area (Å²) < 4.78 is 1.71. The van der Waals surface area contributed by atoms with Gasteiger partial charge in [0.15, 0.2) is 0 Å². The van der Waals surface area contributed by atoms with Crippen LogP contribution in [0.15, 0.2) is 48.8 Å². The number of likely N-dealkylation sites (N-methyl/N-ethyl adjacent to an activating group) is 1. The lowest BCUT2D eigenvalue weighted by molar-refractivity contribution is 0.271. The van der Waals surface area contributed by atoms with Crippen molar-refractivity contribution in [2.75, 3.05) is 37.6 Å². The van der Waals surface area contributed by atoms with Crippen LogP contribution in [0.1, 0.15) is 6.92 Å². The smallest absolute Gasteiger partial charge is 0.142 e. The molecule has 1 aromatic carbocycles. The van der Waals surface area contributed by atoms with E-state index in [0.29, 0.717) is 0 Å². The average Bonchev–Trinajstić information content (AvgIpc) is 3.08. The molecule has 5 nitrogen and oxygen atoms in total. The van der Waals surface area contributed by atoms with E-state index in [-0.39, 0.29) is 5.75 Å². The van der Waals surface area contributed by atoms with Crippen molar-refractivity contribution >= 4 is 11.2 Å². The van der Waals surface area contributed by atoms with Crippen molar-refractivity contribution in [1.82, 2.24) is 14.5 Å². The third-order valence-corrected chi connectivity index (χ3v) is 4.87. The van der Waals surface area contributed by atoms with Crippen LogP contribution in [-0.4, -0.2) is 52.3 Å². The zero-order valence-electron chi connectivity index (χ0n) is 13.9. The van der Waals surface area contributed by atoms with E-state index in [9.17, 15) is 5.11 Å². The summed E-state index contributed by atoms with van der Waals surface area (Å²) in [5, 5.41) is 14.2. The SMILES string of the molecule is CCN1CCN(c2ccc(-c3cc4c(O)ccnn4c3)cc2)CC1. The summed E-state index contributed by atoms with van der Waals surface area (Å²) >= 11 is 0. The lowest BCUT2D eigenvalue weighted by atomic mass is 10.1. The van der Waals surface area contributed by atoms with Crippen LogP contribution in [0, 0.1) is 0 Å². The van der Waals surface area contributed by atoms with Crippen LogP contribution in [0.3, 0.4) is 0 Å². The standard InChI is InChI=1S/C19H22N4O/c1-2-21-9-11-22(12-10-21)17-5-3-15(4-6-17)16-13-18-19(24)7-8-20-23(18)14-16/h3-8,13-14,24H,2,9-12H2,1H3. The summed E-state index contributed by atoms with van der Waals surface area (Å²) in [6.45, 7) is 7.79. The van der Waals surface area contributed by atoms with Crippen LogP contribution in [0.5, 0.6) is 5.75 Å². The van der Waals surface area contributed by atoms with Gasteiger partial charge in [-0.05, 0) is 30.3 Å². The number of hydrogen-bond acceptors (Lipinski definition) is 4. The van der Waals surface area contributed by atoms with E-state index in [1.807, 2.05) is 12.3 Å². The minimum atomic E-state index is 0.252. The number of rotatable bonds is 3. The lowest BCUT2D eigenvalue weighted by Crippen LogP contribution is -2.46. The largest absolute Gasteiger partial charge is 0.506 e. The molecule has 4 rings (SSSR count). The Kier molecular flexibility index (Phi) is 3.86. The van der Waals surface area contributed by atoms with E-state index in [0.717, 1.165) is 49.4 Å². The number of fused-ring (bicyclic) bond motifs is 1. The number of benzene rings is 1. The van der Waals surface area contributed by atoms with E-state index in [1.165, 1.54) is 5.69 Å². The highest BCUT2D eigenvalue weighted by molar-refractivity contribution is 5.74. The molecule has 1 aliphatic heterocycles. The molecule has 1 aliphatic rings. The first-order chi connectivity index (χ1) is 11.7. The molecule has 0 radical (unpaired) electrons. The van der Waals surface area contributed by atoms with Gasteiger partial charge in [0.05, 0.1) is 6.20 Å². The summed E-state index contributed by atoms with van der Waals surface area (Å²) in [6.07, 6.45) is 3.55. The van der Waals surface area contributed by atoms with Gasteiger partial charge in [-0.1, -0.05) is 19.1 Å². The summed E-state index contributed by atoms with van der Waals surface area (Å²) in [5.74, 6) is 0.252. The lowest BCUT2D eigenvalue weighted by Gasteiger charge is -2.35. The molecule has 3 aromatic rings. The van der Waals surface area contributed by atoms with Crippen LogP contribution >= 0.6 is 0 Å². The molecular formula is C19H22N4O. The average molecular weight is 322 g/mol. The molecule has 0 unspecified atom stereocenters. The summed E-state index contributed by atoms with van der Waals surface area (Å²) in [6, 6.07) is 12.2. The van der Waals surface area contributed by atoms with Crippen molar-refractivity contribution in [1.29, 1.82) is 0 Å². The second kappa shape index (κ2) is 6.17. The van der Waals surface area contributed by atoms with Gasteiger partial charge < -0.3 is 14.9 Å². The normalized spacial score (nSPS) is 16.0. The second-order valence-corrected chi connectivity index (χ2v) is 6.24. The van der Waals surface area contributed by atoms with E-state index in [1.54, 1.807) is 16.8 Å². The Morgan fingerprint density at radius 2 is 1.75 bits per heavy atom. The topological polar surface area (TPSA) is 44.0 Å². The van der Waals surface area contributed by atoms with Crippen molar-refractivity contribution in [2.45, 2.75) is 6.92 Å². The van der Waals surface area contributed by atoms with Crippen molar-refractivity contribution in [3.05, 3.63) is 48.8 Å². The number of nitrogens with zero attached hydrogens (tertiary/aromatic N) is 4. The first kappa shape index (κ1) is 15.0. The summed E-state index contributed by atoms with van der Waals surface area (Å²) in [4.78, 5) is 4.93. The fraction of sp³-hybridized carbons (Fsp3) is 0.316. The van der Waals surface area contributed by atoms with Gasteiger partial charge in [0.25, 0.3) is 0 Å². The third kappa shape index (κ3) is 2.71. The molecule has 1 fully saturated rings. The van der Waals surface area contributed by atoms with Crippen LogP contribution in [0.4, 0.5) is 5.69 Å². The van der Waals surface area contributed by atoms with Gasteiger partial charge in [-0.3, -0.25) is 0 Å². The number of anilines is 1. The van der Waals surface area contributed by atoms with Gasteiger partial charge in [0.1, 0.15) is 11.3 Å². The number of piperazine rings is 1. The molecular weight excluding hydrogens is 300 g/mol. The van der Waals surface area contributed by atoms with E-state index >= 15 is 0 Å². The maximum Gasteiger partial charge on any atom is 0.142 e. The predicted molar refractivity (Wildman–Crippen MR) is 96.6 cm³/mol. The maximum absolute atomic E-state index is 9.92. The Morgan fingerprint density at radius 3 is 2.42 bits per heavy atom. The number of hydrogen-bond donors (Lipinski definition) is 1. The highest BCUT2D eigenvalue weighted by Gasteiger charge is 2.16. The molecule has 3 heterocycles. The van der Waals surface area contributed by atoms with Crippen molar-refractivity contribution < 1.29 is 5.11 Å². The second-order valence-electron chi connectivity index (χ2n) is 6.24. The van der Waals surface area contributed by atoms with Crippen molar-refractivity contribution in [3.63, 3.8) is 0 Å². The molecule has 0 spiro atoms. The Balaban J connectivity index is 1.56. The molecule has 1 N–H and O–H groups in total. The molecule has 24 heavy (non-hydrogen) atoms. The number of aromatic nitrogens is 2. The molecule has 2 aromatic heterocycles. The third-order valence-electron chi connectivity index (χ3n) is 4.87. The Morgan fingerprint density at radius 1 is 1.00 bits per heavy atom. The molecule has 0 bridgehead atoms. The van der Waals surface area contributed by atoms with Gasteiger partial charge in [-0.15, -0.1) is 0 Å². The van der Waals surface area contributed by atoms with Gasteiger partial charge in [0, 0.05) is 49.7 Å². The zero-order chi connectivity index (χ0) is 16.5. The van der Waals surface area contributed by atoms with Gasteiger partial charge >= 0.3 is 0 Å². The molecule has 1 saturated heterocycles. The van der Waals surface area contributed by atoms with Crippen LogP contribution < -0.4 is 4.90 Å². The van der Waals surface area contributed by atoms with Crippen LogP contribution in [0.2, 0.25) is 0 Å². The highest BCUT2D eigenvalue weighted by atomic mass is 16.3. The number of aromatic hydroxyl groups is 1. The van der Waals surface area contributed by atoms with Gasteiger partial charge in [-0.25, -0.2) is 4.52 Å².